The highest BCUT2D eigenvalue weighted by Crippen LogP contribution is 2.10. The Morgan fingerprint density at radius 2 is 2.07 bits per heavy atom. The number of amides is 1. The Kier molecular flexibility index (Phi) is 4.78. The Bertz CT molecular complexity index is 322. The second kappa shape index (κ2) is 5.88. The van der Waals surface area contributed by atoms with Gasteiger partial charge in [0.25, 0.3) is 0 Å². The molecule has 0 aliphatic carbocycles. The molecule has 2 N–H and O–H groups in total. The minimum Gasteiger partial charge on any atom is -0.384 e. The molecule has 0 aromatic heterocycles. The van der Waals surface area contributed by atoms with Gasteiger partial charge in [-0.15, -0.1) is 0 Å². The number of aliphatic hydroxyl groups excluding tert-OH is 1. The number of aliphatic hydroxyl groups is 1. The summed E-state index contributed by atoms with van der Waals surface area (Å²) >= 11 is 3.35. The van der Waals surface area contributed by atoms with Crippen molar-refractivity contribution in [2.45, 2.75) is 19.4 Å². The quantitative estimate of drug-likeness (QED) is 0.872. The molecule has 0 radical (unpaired) electrons. The average Bonchev–Trinajstić information content (AvgIpc) is 2.20. The average molecular weight is 272 g/mol. The van der Waals surface area contributed by atoms with E-state index in [0.29, 0.717) is 6.54 Å². The molecule has 1 amide bonds. The molecule has 82 valence electrons. The molecule has 0 heterocycles. The van der Waals surface area contributed by atoms with Crippen LogP contribution in [-0.4, -0.2) is 23.7 Å². The highest BCUT2D eigenvalue weighted by Gasteiger charge is 2.06. The van der Waals surface area contributed by atoms with Crippen molar-refractivity contribution in [3.8, 4) is 0 Å². The van der Waals surface area contributed by atoms with Crippen molar-refractivity contribution in [2.24, 2.45) is 0 Å². The third-order valence-electron chi connectivity index (χ3n) is 2.01. The van der Waals surface area contributed by atoms with Gasteiger partial charge in [-0.05, 0) is 31.0 Å². The molecule has 1 atom stereocenters. The van der Waals surface area contributed by atoms with Gasteiger partial charge in [0.1, 0.15) is 6.10 Å². The number of benzene rings is 1. The number of hydrogen-bond donors (Lipinski definition) is 2. The molecule has 4 heteroatoms. The van der Waals surface area contributed by atoms with Gasteiger partial charge < -0.3 is 10.4 Å². The van der Waals surface area contributed by atoms with Crippen LogP contribution in [0.1, 0.15) is 12.5 Å². The van der Waals surface area contributed by atoms with E-state index in [9.17, 15) is 4.79 Å². The molecular formula is C11H14BrNO2. The summed E-state index contributed by atoms with van der Waals surface area (Å²) in [4.78, 5) is 11.0. The summed E-state index contributed by atoms with van der Waals surface area (Å²) in [6.45, 7) is 2.00. The molecule has 0 aliphatic heterocycles. The Hall–Kier alpha value is -0.870. The summed E-state index contributed by atoms with van der Waals surface area (Å²) in [6.07, 6.45) is -0.166. The number of nitrogens with one attached hydrogen (secondary N) is 1. The van der Waals surface area contributed by atoms with E-state index in [1.807, 2.05) is 24.3 Å². The number of carbonyl (C=O) groups is 1. The lowest BCUT2D eigenvalue weighted by molar-refractivity contribution is -0.128. The molecule has 1 aromatic rings. The summed E-state index contributed by atoms with van der Waals surface area (Å²) in [6, 6.07) is 7.93. The van der Waals surface area contributed by atoms with E-state index < -0.39 is 6.10 Å². The summed E-state index contributed by atoms with van der Waals surface area (Å²) < 4.78 is 1.04. The van der Waals surface area contributed by atoms with Crippen molar-refractivity contribution >= 4 is 21.8 Å². The first-order valence-corrected chi connectivity index (χ1v) is 5.59. The van der Waals surface area contributed by atoms with Crippen molar-refractivity contribution < 1.29 is 9.90 Å². The molecule has 0 fully saturated rings. The molecule has 0 bridgehead atoms. The maximum atomic E-state index is 11.0. The first kappa shape index (κ1) is 12.2. The van der Waals surface area contributed by atoms with E-state index in [2.05, 4.69) is 21.2 Å². The van der Waals surface area contributed by atoms with Crippen LogP contribution in [0.2, 0.25) is 0 Å². The number of carbonyl (C=O) groups excluding carboxylic acids is 1. The van der Waals surface area contributed by atoms with Crippen molar-refractivity contribution in [3.63, 3.8) is 0 Å². The second-order valence-corrected chi connectivity index (χ2v) is 4.26. The summed E-state index contributed by atoms with van der Waals surface area (Å²) in [5.74, 6) is -0.327. The first-order valence-electron chi connectivity index (χ1n) is 4.80. The molecule has 1 aromatic carbocycles. The minimum atomic E-state index is -0.935. The standard InChI is InChI=1S/C11H14BrNO2/c1-8(14)11(15)13-7-6-9-2-4-10(12)5-3-9/h2-5,8,14H,6-7H2,1H3,(H,13,15). The van der Waals surface area contributed by atoms with Crippen LogP contribution in [0.15, 0.2) is 28.7 Å². The fourth-order valence-electron chi connectivity index (χ4n) is 1.13. The summed E-state index contributed by atoms with van der Waals surface area (Å²) in [7, 11) is 0. The van der Waals surface area contributed by atoms with Crippen LogP contribution >= 0.6 is 15.9 Å². The minimum absolute atomic E-state index is 0.327. The number of hydrogen-bond acceptors (Lipinski definition) is 2. The third-order valence-corrected chi connectivity index (χ3v) is 2.53. The molecule has 1 unspecified atom stereocenters. The van der Waals surface area contributed by atoms with Crippen molar-refractivity contribution in [2.75, 3.05) is 6.54 Å². The Balaban J connectivity index is 2.32. The summed E-state index contributed by atoms with van der Waals surface area (Å²) in [5, 5.41) is 11.6. The van der Waals surface area contributed by atoms with Gasteiger partial charge >= 0.3 is 0 Å². The van der Waals surface area contributed by atoms with Gasteiger partial charge in [-0.3, -0.25) is 4.79 Å². The van der Waals surface area contributed by atoms with Crippen LogP contribution in [0, 0.1) is 0 Å². The smallest absolute Gasteiger partial charge is 0.248 e. The maximum absolute atomic E-state index is 11.0. The Morgan fingerprint density at radius 1 is 1.47 bits per heavy atom. The van der Waals surface area contributed by atoms with Crippen molar-refractivity contribution in [3.05, 3.63) is 34.3 Å². The highest BCUT2D eigenvalue weighted by atomic mass is 79.9. The SMILES string of the molecule is CC(O)C(=O)NCCc1ccc(Br)cc1. The molecule has 0 saturated heterocycles. The number of rotatable bonds is 4. The van der Waals surface area contributed by atoms with Gasteiger partial charge in [-0.25, -0.2) is 0 Å². The van der Waals surface area contributed by atoms with E-state index in [0.717, 1.165) is 16.5 Å². The third kappa shape index (κ3) is 4.44. The Labute approximate surface area is 97.6 Å². The lowest BCUT2D eigenvalue weighted by Crippen LogP contribution is -2.33. The molecular weight excluding hydrogens is 258 g/mol. The molecule has 0 saturated carbocycles. The monoisotopic (exact) mass is 271 g/mol. The van der Waals surface area contributed by atoms with Gasteiger partial charge in [0.15, 0.2) is 0 Å². The molecule has 0 spiro atoms. The van der Waals surface area contributed by atoms with Crippen LogP contribution in [0.4, 0.5) is 0 Å². The molecule has 3 nitrogen and oxygen atoms in total. The normalized spacial score (nSPS) is 12.2. The second-order valence-electron chi connectivity index (χ2n) is 3.34. The van der Waals surface area contributed by atoms with Crippen molar-refractivity contribution in [1.29, 1.82) is 0 Å². The van der Waals surface area contributed by atoms with E-state index in [1.165, 1.54) is 6.92 Å². The van der Waals surface area contributed by atoms with E-state index >= 15 is 0 Å². The van der Waals surface area contributed by atoms with Crippen LogP contribution in [0.25, 0.3) is 0 Å². The molecule has 0 aliphatic rings. The Morgan fingerprint density at radius 3 is 2.60 bits per heavy atom. The van der Waals surface area contributed by atoms with Gasteiger partial charge in [0.05, 0.1) is 0 Å². The topological polar surface area (TPSA) is 49.3 Å². The predicted molar refractivity (Wildman–Crippen MR) is 62.5 cm³/mol. The molecule has 1 rings (SSSR count). The number of halogens is 1. The largest absolute Gasteiger partial charge is 0.384 e. The fourth-order valence-corrected chi connectivity index (χ4v) is 1.39. The zero-order valence-corrected chi connectivity index (χ0v) is 10.1. The van der Waals surface area contributed by atoms with Crippen LogP contribution in [0.5, 0.6) is 0 Å². The zero-order chi connectivity index (χ0) is 11.3. The van der Waals surface area contributed by atoms with Gasteiger partial charge in [-0.2, -0.15) is 0 Å². The van der Waals surface area contributed by atoms with Gasteiger partial charge in [0, 0.05) is 11.0 Å². The van der Waals surface area contributed by atoms with Crippen LogP contribution in [-0.2, 0) is 11.2 Å². The first-order chi connectivity index (χ1) is 7.09. The van der Waals surface area contributed by atoms with Crippen molar-refractivity contribution in [1.82, 2.24) is 5.32 Å². The van der Waals surface area contributed by atoms with E-state index in [-0.39, 0.29) is 5.91 Å². The van der Waals surface area contributed by atoms with Crippen LogP contribution < -0.4 is 5.32 Å². The van der Waals surface area contributed by atoms with Crippen LogP contribution in [0.3, 0.4) is 0 Å². The van der Waals surface area contributed by atoms with Gasteiger partial charge in [-0.1, -0.05) is 28.1 Å². The van der Waals surface area contributed by atoms with Gasteiger partial charge in [0.2, 0.25) is 5.91 Å². The van der Waals surface area contributed by atoms with E-state index in [4.69, 9.17) is 5.11 Å². The van der Waals surface area contributed by atoms with E-state index in [1.54, 1.807) is 0 Å². The lowest BCUT2D eigenvalue weighted by atomic mass is 10.1. The lowest BCUT2D eigenvalue weighted by Gasteiger charge is -2.06. The predicted octanol–water partition coefficient (Wildman–Crippen LogP) is 1.49. The summed E-state index contributed by atoms with van der Waals surface area (Å²) in [5.41, 5.74) is 1.16. The maximum Gasteiger partial charge on any atom is 0.248 e. The molecule has 15 heavy (non-hydrogen) atoms. The highest BCUT2D eigenvalue weighted by molar-refractivity contribution is 9.10. The fraction of sp³-hybridized carbons (Fsp3) is 0.364. The zero-order valence-electron chi connectivity index (χ0n) is 8.53.